The molecule has 0 aliphatic carbocycles. The van der Waals surface area contributed by atoms with Crippen LogP contribution in [0, 0.1) is 0 Å². The van der Waals surface area contributed by atoms with E-state index in [1.165, 1.54) is 25.7 Å². The number of nitrogens with two attached hydrogens (primary N) is 1. The Morgan fingerprint density at radius 1 is 1.50 bits per heavy atom. The van der Waals surface area contributed by atoms with Crippen LogP contribution < -0.4 is 16.2 Å². The standard InChI is InChI=1S/C12H20BrN5/c1-2-9-6-4-3-5-7-18(9)11-10(13)8-15-12(16-11)17-14/h8-9H,2-7,14H2,1H3,(H,15,16,17). The Kier molecular flexibility index (Phi) is 4.77. The lowest BCUT2D eigenvalue weighted by molar-refractivity contribution is 0.551. The molecule has 6 heteroatoms. The van der Waals surface area contributed by atoms with Gasteiger partial charge in [0.1, 0.15) is 5.82 Å². The molecule has 5 nitrogen and oxygen atoms in total. The largest absolute Gasteiger partial charge is 0.353 e. The van der Waals surface area contributed by atoms with Crippen molar-refractivity contribution in [2.24, 2.45) is 5.84 Å². The Balaban J connectivity index is 2.31. The summed E-state index contributed by atoms with van der Waals surface area (Å²) in [7, 11) is 0. The molecular weight excluding hydrogens is 294 g/mol. The molecule has 100 valence electrons. The van der Waals surface area contributed by atoms with Gasteiger partial charge in [-0.1, -0.05) is 19.8 Å². The topological polar surface area (TPSA) is 67.1 Å². The Bertz CT molecular complexity index is 398. The molecule has 1 aliphatic rings. The minimum absolute atomic E-state index is 0.465. The van der Waals surface area contributed by atoms with Crippen molar-refractivity contribution in [2.75, 3.05) is 16.9 Å². The summed E-state index contributed by atoms with van der Waals surface area (Å²) in [5.74, 6) is 6.80. The summed E-state index contributed by atoms with van der Waals surface area (Å²) in [6.45, 7) is 3.29. The summed E-state index contributed by atoms with van der Waals surface area (Å²) >= 11 is 3.54. The SMILES string of the molecule is CCC1CCCCCN1c1nc(NN)ncc1Br. The van der Waals surface area contributed by atoms with Crippen LogP contribution in [-0.2, 0) is 0 Å². The van der Waals surface area contributed by atoms with E-state index in [9.17, 15) is 0 Å². The van der Waals surface area contributed by atoms with E-state index in [0.717, 1.165) is 23.3 Å². The second kappa shape index (κ2) is 6.33. The summed E-state index contributed by atoms with van der Waals surface area (Å²) in [6, 6.07) is 0.560. The van der Waals surface area contributed by atoms with Gasteiger partial charge in [0.15, 0.2) is 0 Å². The highest BCUT2D eigenvalue weighted by molar-refractivity contribution is 9.10. The van der Waals surface area contributed by atoms with Crippen molar-refractivity contribution in [1.29, 1.82) is 0 Å². The minimum Gasteiger partial charge on any atom is -0.353 e. The third-order valence-corrected chi connectivity index (χ3v) is 4.03. The van der Waals surface area contributed by atoms with Crippen LogP contribution in [0.3, 0.4) is 0 Å². The van der Waals surface area contributed by atoms with Crippen LogP contribution in [0.15, 0.2) is 10.7 Å². The van der Waals surface area contributed by atoms with E-state index in [4.69, 9.17) is 5.84 Å². The van der Waals surface area contributed by atoms with Crippen molar-refractivity contribution in [3.8, 4) is 0 Å². The summed E-state index contributed by atoms with van der Waals surface area (Å²) in [5.41, 5.74) is 2.51. The van der Waals surface area contributed by atoms with Crippen molar-refractivity contribution in [1.82, 2.24) is 9.97 Å². The number of hydrazine groups is 1. The molecular formula is C12H20BrN5. The van der Waals surface area contributed by atoms with Crippen molar-refractivity contribution in [2.45, 2.75) is 45.1 Å². The average Bonchev–Trinajstić information content (AvgIpc) is 2.64. The Labute approximate surface area is 116 Å². The number of hydrogen-bond donors (Lipinski definition) is 2. The molecule has 0 amide bonds. The van der Waals surface area contributed by atoms with Gasteiger partial charge in [0, 0.05) is 18.8 Å². The first-order valence-electron chi connectivity index (χ1n) is 6.52. The van der Waals surface area contributed by atoms with E-state index >= 15 is 0 Å². The highest BCUT2D eigenvalue weighted by Crippen LogP contribution is 2.30. The smallest absolute Gasteiger partial charge is 0.239 e. The molecule has 18 heavy (non-hydrogen) atoms. The monoisotopic (exact) mass is 313 g/mol. The quantitative estimate of drug-likeness (QED) is 0.663. The number of rotatable bonds is 3. The number of nitrogen functional groups attached to an aromatic ring is 1. The van der Waals surface area contributed by atoms with Gasteiger partial charge in [-0.25, -0.2) is 10.8 Å². The van der Waals surface area contributed by atoms with Crippen LogP contribution in [0.5, 0.6) is 0 Å². The molecule has 2 rings (SSSR count). The van der Waals surface area contributed by atoms with Gasteiger partial charge in [0.2, 0.25) is 5.95 Å². The number of aromatic nitrogens is 2. The molecule has 1 unspecified atom stereocenters. The maximum absolute atomic E-state index is 5.39. The van der Waals surface area contributed by atoms with Crippen LogP contribution in [0.1, 0.15) is 39.0 Å². The molecule has 0 radical (unpaired) electrons. The molecule has 0 bridgehead atoms. The van der Waals surface area contributed by atoms with Crippen molar-refractivity contribution >= 4 is 27.7 Å². The summed E-state index contributed by atoms with van der Waals surface area (Å²) in [6.07, 6.45) is 7.96. The molecule has 3 N–H and O–H groups in total. The molecule has 1 fully saturated rings. The van der Waals surface area contributed by atoms with E-state index in [-0.39, 0.29) is 0 Å². The van der Waals surface area contributed by atoms with E-state index in [1.807, 2.05) is 0 Å². The van der Waals surface area contributed by atoms with Gasteiger partial charge in [-0.3, -0.25) is 5.43 Å². The molecule has 0 spiro atoms. The second-order valence-electron chi connectivity index (χ2n) is 4.61. The summed E-state index contributed by atoms with van der Waals surface area (Å²) in [5, 5.41) is 0. The van der Waals surface area contributed by atoms with Gasteiger partial charge >= 0.3 is 0 Å². The predicted molar refractivity (Wildman–Crippen MR) is 77.4 cm³/mol. The molecule has 1 saturated heterocycles. The zero-order valence-electron chi connectivity index (χ0n) is 10.7. The van der Waals surface area contributed by atoms with Gasteiger partial charge in [0.05, 0.1) is 4.47 Å². The van der Waals surface area contributed by atoms with Crippen molar-refractivity contribution < 1.29 is 0 Å². The van der Waals surface area contributed by atoms with E-state index in [2.05, 4.69) is 43.1 Å². The maximum atomic E-state index is 5.39. The third-order valence-electron chi connectivity index (χ3n) is 3.48. The maximum Gasteiger partial charge on any atom is 0.239 e. The van der Waals surface area contributed by atoms with E-state index in [0.29, 0.717) is 12.0 Å². The first-order chi connectivity index (χ1) is 8.76. The van der Waals surface area contributed by atoms with Gasteiger partial charge in [0.25, 0.3) is 0 Å². The molecule has 2 heterocycles. The number of anilines is 2. The first-order valence-corrected chi connectivity index (χ1v) is 7.31. The molecule has 1 aromatic heterocycles. The number of nitrogens with one attached hydrogen (secondary N) is 1. The lowest BCUT2D eigenvalue weighted by Crippen LogP contribution is -2.35. The normalized spacial score (nSPS) is 20.6. The highest BCUT2D eigenvalue weighted by Gasteiger charge is 2.23. The average molecular weight is 314 g/mol. The molecule has 1 aliphatic heterocycles. The van der Waals surface area contributed by atoms with Crippen LogP contribution in [0.25, 0.3) is 0 Å². The number of hydrogen-bond acceptors (Lipinski definition) is 5. The number of halogens is 1. The van der Waals surface area contributed by atoms with Gasteiger partial charge in [-0.2, -0.15) is 4.98 Å². The van der Waals surface area contributed by atoms with Gasteiger partial charge in [-0.15, -0.1) is 0 Å². The fraction of sp³-hybridized carbons (Fsp3) is 0.667. The fourth-order valence-electron chi connectivity index (χ4n) is 2.51. The summed E-state index contributed by atoms with van der Waals surface area (Å²) < 4.78 is 0.932. The Hall–Kier alpha value is -0.880. The minimum atomic E-state index is 0.465. The zero-order valence-corrected chi connectivity index (χ0v) is 12.3. The van der Waals surface area contributed by atoms with Crippen LogP contribution in [-0.4, -0.2) is 22.6 Å². The van der Waals surface area contributed by atoms with Crippen LogP contribution >= 0.6 is 15.9 Å². The Morgan fingerprint density at radius 2 is 2.33 bits per heavy atom. The van der Waals surface area contributed by atoms with E-state index in [1.54, 1.807) is 6.20 Å². The van der Waals surface area contributed by atoms with Gasteiger partial charge < -0.3 is 4.90 Å². The molecule has 0 aromatic carbocycles. The lowest BCUT2D eigenvalue weighted by atomic mass is 10.1. The van der Waals surface area contributed by atoms with Crippen LogP contribution in [0.2, 0.25) is 0 Å². The molecule has 0 saturated carbocycles. The van der Waals surface area contributed by atoms with Gasteiger partial charge in [-0.05, 0) is 35.2 Å². The molecule has 1 aromatic rings. The first kappa shape index (κ1) is 13.5. The fourth-order valence-corrected chi connectivity index (χ4v) is 2.93. The van der Waals surface area contributed by atoms with Crippen LogP contribution in [0.4, 0.5) is 11.8 Å². The summed E-state index contributed by atoms with van der Waals surface area (Å²) in [4.78, 5) is 11.0. The second-order valence-corrected chi connectivity index (χ2v) is 5.47. The third kappa shape index (κ3) is 2.92. The zero-order chi connectivity index (χ0) is 13.0. The number of nitrogens with zero attached hydrogens (tertiary/aromatic N) is 3. The lowest BCUT2D eigenvalue weighted by Gasteiger charge is -2.31. The van der Waals surface area contributed by atoms with Crippen molar-refractivity contribution in [3.63, 3.8) is 0 Å². The van der Waals surface area contributed by atoms with E-state index < -0.39 is 0 Å². The predicted octanol–water partition coefficient (Wildman–Crippen LogP) is 2.68. The molecule has 1 atom stereocenters. The Morgan fingerprint density at radius 3 is 3.06 bits per heavy atom. The highest BCUT2D eigenvalue weighted by atomic mass is 79.9. The van der Waals surface area contributed by atoms with Crippen molar-refractivity contribution in [3.05, 3.63) is 10.7 Å².